The fourth-order valence-electron chi connectivity index (χ4n) is 2.47. The molecule has 0 bridgehead atoms. The summed E-state index contributed by atoms with van der Waals surface area (Å²) in [6.07, 6.45) is 8.10. The summed E-state index contributed by atoms with van der Waals surface area (Å²) in [6.45, 7) is 15.4. The molecule has 0 saturated carbocycles. The first-order valence-electron chi connectivity index (χ1n) is 8.81. The normalized spacial score (nSPS) is 14.2. The van der Waals surface area contributed by atoms with E-state index in [-0.39, 0.29) is 30.1 Å². The molecule has 3 N–H and O–H groups in total. The Morgan fingerprint density at radius 3 is 1.88 bits per heavy atom. The molecule has 3 heteroatoms. The van der Waals surface area contributed by atoms with Crippen molar-refractivity contribution < 1.29 is 15.3 Å². The second kappa shape index (κ2) is 11.4. The lowest BCUT2D eigenvalue weighted by Gasteiger charge is -2.13. The van der Waals surface area contributed by atoms with E-state index in [9.17, 15) is 15.3 Å². The highest BCUT2D eigenvalue weighted by atomic mass is 16.3. The summed E-state index contributed by atoms with van der Waals surface area (Å²) in [5.74, 6) is -0.124. The van der Waals surface area contributed by atoms with E-state index < -0.39 is 0 Å². The van der Waals surface area contributed by atoms with Gasteiger partial charge >= 0.3 is 0 Å². The lowest BCUT2D eigenvalue weighted by atomic mass is 9.94. The monoisotopic (exact) mass is 346 g/mol. The zero-order valence-corrected chi connectivity index (χ0v) is 16.6. The van der Waals surface area contributed by atoms with Gasteiger partial charge in [-0.1, -0.05) is 43.7 Å². The van der Waals surface area contributed by atoms with Gasteiger partial charge in [-0.2, -0.15) is 0 Å². The Labute approximate surface area is 153 Å². The zero-order valence-electron chi connectivity index (χ0n) is 16.6. The molecule has 0 heterocycles. The molecule has 0 aromatic rings. The van der Waals surface area contributed by atoms with Crippen LogP contribution < -0.4 is 0 Å². The third-order valence-electron chi connectivity index (χ3n) is 3.79. The van der Waals surface area contributed by atoms with Gasteiger partial charge in [0.15, 0.2) is 0 Å². The van der Waals surface area contributed by atoms with Crippen molar-refractivity contribution in [1.29, 1.82) is 0 Å². The number of rotatable bonds is 9. The van der Waals surface area contributed by atoms with Crippen molar-refractivity contribution in [3.8, 4) is 0 Å². The minimum Gasteiger partial charge on any atom is -0.512 e. The lowest BCUT2D eigenvalue weighted by molar-refractivity contribution is 0.308. The quantitative estimate of drug-likeness (QED) is 0.236. The zero-order chi connectivity index (χ0) is 19.6. The van der Waals surface area contributed by atoms with E-state index >= 15 is 0 Å². The molecule has 0 radical (unpaired) electrons. The molecule has 0 fully saturated rings. The summed E-state index contributed by atoms with van der Waals surface area (Å²) in [5.41, 5.74) is 4.77. The van der Waals surface area contributed by atoms with E-state index in [0.29, 0.717) is 5.57 Å². The maximum atomic E-state index is 10.2. The van der Waals surface area contributed by atoms with Crippen molar-refractivity contribution in [2.75, 3.05) is 0 Å². The van der Waals surface area contributed by atoms with Crippen molar-refractivity contribution in [2.24, 2.45) is 0 Å². The summed E-state index contributed by atoms with van der Waals surface area (Å²) in [7, 11) is 0. The summed E-state index contributed by atoms with van der Waals surface area (Å²) >= 11 is 0. The van der Waals surface area contributed by atoms with E-state index in [1.165, 1.54) is 11.1 Å². The number of aliphatic hydroxyl groups excluding tert-OH is 3. The lowest BCUT2D eigenvalue weighted by Crippen LogP contribution is -1.98. The van der Waals surface area contributed by atoms with E-state index in [1.54, 1.807) is 13.8 Å². The first-order chi connectivity index (χ1) is 11.6. The second-order valence-electron chi connectivity index (χ2n) is 6.56. The van der Waals surface area contributed by atoms with Crippen LogP contribution in [-0.4, -0.2) is 15.3 Å². The van der Waals surface area contributed by atoms with E-state index in [0.717, 1.165) is 24.0 Å². The largest absolute Gasteiger partial charge is 0.512 e. The SMILES string of the molecule is C=C(C)C/C(O)=C(/O)CC(/C=C(\C=C/CC)C(CC)=C(C)C)=C(\C)O. The first kappa shape index (κ1) is 22.8. The van der Waals surface area contributed by atoms with Gasteiger partial charge in [-0.25, -0.2) is 0 Å². The fourth-order valence-corrected chi connectivity index (χ4v) is 2.47. The average Bonchev–Trinajstić information content (AvgIpc) is 2.50. The fraction of sp³-hybridized carbons (Fsp3) is 0.455. The molecule has 0 unspecified atom stereocenters. The molecule has 25 heavy (non-hydrogen) atoms. The maximum Gasteiger partial charge on any atom is 0.134 e. The number of allylic oxidation sites excluding steroid dienone is 9. The minimum atomic E-state index is -0.142. The van der Waals surface area contributed by atoms with E-state index in [4.69, 9.17) is 0 Å². The van der Waals surface area contributed by atoms with Crippen LogP contribution >= 0.6 is 0 Å². The van der Waals surface area contributed by atoms with Gasteiger partial charge in [-0.15, -0.1) is 0 Å². The summed E-state index contributed by atoms with van der Waals surface area (Å²) in [5, 5.41) is 30.2. The first-order valence-corrected chi connectivity index (χ1v) is 8.81. The highest BCUT2D eigenvalue weighted by molar-refractivity contribution is 5.47. The highest BCUT2D eigenvalue weighted by Crippen LogP contribution is 2.26. The minimum absolute atomic E-state index is 0.0741. The smallest absolute Gasteiger partial charge is 0.134 e. The third-order valence-corrected chi connectivity index (χ3v) is 3.79. The van der Waals surface area contributed by atoms with Gasteiger partial charge in [0, 0.05) is 12.8 Å². The van der Waals surface area contributed by atoms with Crippen LogP contribution in [0.5, 0.6) is 0 Å². The molecule has 3 nitrogen and oxygen atoms in total. The van der Waals surface area contributed by atoms with Crippen LogP contribution in [0.3, 0.4) is 0 Å². The Morgan fingerprint density at radius 2 is 1.48 bits per heavy atom. The van der Waals surface area contributed by atoms with Crippen molar-refractivity contribution in [3.05, 3.63) is 70.0 Å². The Hall–Kier alpha value is -2.16. The number of hydrogen-bond acceptors (Lipinski definition) is 3. The van der Waals surface area contributed by atoms with Crippen LogP contribution in [0.4, 0.5) is 0 Å². The summed E-state index contributed by atoms with van der Waals surface area (Å²) in [4.78, 5) is 0. The van der Waals surface area contributed by atoms with Crippen LogP contribution in [-0.2, 0) is 0 Å². The van der Waals surface area contributed by atoms with Crippen molar-refractivity contribution in [3.63, 3.8) is 0 Å². The maximum absolute atomic E-state index is 10.2. The average molecular weight is 347 g/mol. The van der Waals surface area contributed by atoms with Crippen LogP contribution in [0.25, 0.3) is 0 Å². The predicted octanol–water partition coefficient (Wildman–Crippen LogP) is 7.14. The van der Waals surface area contributed by atoms with E-state index in [2.05, 4.69) is 40.3 Å². The topological polar surface area (TPSA) is 60.7 Å². The van der Waals surface area contributed by atoms with Gasteiger partial charge in [0.1, 0.15) is 11.5 Å². The predicted molar refractivity (Wildman–Crippen MR) is 108 cm³/mol. The van der Waals surface area contributed by atoms with Crippen molar-refractivity contribution in [1.82, 2.24) is 0 Å². The highest BCUT2D eigenvalue weighted by Gasteiger charge is 2.11. The molecule has 0 aliphatic rings. The second-order valence-corrected chi connectivity index (χ2v) is 6.56. The molecular weight excluding hydrogens is 312 g/mol. The molecule has 0 aliphatic heterocycles. The molecule has 0 spiro atoms. The molecule has 0 amide bonds. The summed E-state index contributed by atoms with van der Waals surface area (Å²) < 4.78 is 0. The molecule has 0 saturated heterocycles. The molecule has 0 atom stereocenters. The Kier molecular flexibility index (Phi) is 10.4. The standard InChI is InChI=1S/C22H34O3/c1-8-10-11-18(20(9-2)16(5)6)13-19(17(7)23)14-22(25)21(24)12-15(3)4/h10-11,13,23-25H,3,8-9,12,14H2,1-2,4-7H3/b11-10-,18-13+,19-17+,22-21-. The van der Waals surface area contributed by atoms with Gasteiger partial charge in [0.2, 0.25) is 0 Å². The Morgan fingerprint density at radius 1 is 0.920 bits per heavy atom. The molecule has 0 aromatic carbocycles. The number of hydrogen-bond donors (Lipinski definition) is 3. The van der Waals surface area contributed by atoms with Gasteiger partial charge in [0.25, 0.3) is 0 Å². The van der Waals surface area contributed by atoms with Crippen molar-refractivity contribution >= 4 is 0 Å². The van der Waals surface area contributed by atoms with Gasteiger partial charge in [-0.05, 0) is 63.3 Å². The van der Waals surface area contributed by atoms with E-state index in [1.807, 2.05) is 12.2 Å². The van der Waals surface area contributed by atoms with Gasteiger partial charge in [0.05, 0.1) is 5.76 Å². The van der Waals surface area contributed by atoms with Crippen LogP contribution in [0.1, 0.15) is 67.2 Å². The van der Waals surface area contributed by atoms with Crippen LogP contribution in [0.15, 0.2) is 70.0 Å². The van der Waals surface area contributed by atoms with Gasteiger partial charge in [-0.3, -0.25) is 0 Å². The van der Waals surface area contributed by atoms with Crippen LogP contribution in [0, 0.1) is 0 Å². The Balaban J connectivity index is 5.96. The molecule has 0 aliphatic carbocycles. The molecular formula is C22H34O3. The molecule has 140 valence electrons. The Bertz CT molecular complexity index is 618. The molecule has 0 rings (SSSR count). The number of aliphatic hydroxyl groups is 3. The van der Waals surface area contributed by atoms with Gasteiger partial charge < -0.3 is 15.3 Å². The van der Waals surface area contributed by atoms with Crippen molar-refractivity contribution in [2.45, 2.75) is 67.2 Å². The molecule has 0 aromatic heterocycles. The third kappa shape index (κ3) is 8.48. The summed E-state index contributed by atoms with van der Waals surface area (Å²) in [6, 6.07) is 0. The van der Waals surface area contributed by atoms with Crippen LogP contribution in [0.2, 0.25) is 0 Å².